The standard InChI is InChI=1S/C21H17N3O2S/c22-13-16-3-5-18(6-4-16)15-26-19-9-7-17(8-10-19)14-23-24-21(25)12-20-2-1-11-27-20/h1-11,14H,12,15H2,(H,24,25)/b23-14-. The summed E-state index contributed by atoms with van der Waals surface area (Å²) in [5.74, 6) is 0.592. The Hall–Kier alpha value is -3.43. The molecule has 3 rings (SSSR count). The molecule has 1 amide bonds. The highest BCUT2D eigenvalue weighted by Crippen LogP contribution is 2.14. The number of amides is 1. The van der Waals surface area contributed by atoms with Gasteiger partial charge in [0.2, 0.25) is 5.91 Å². The summed E-state index contributed by atoms with van der Waals surface area (Å²) >= 11 is 1.55. The van der Waals surface area contributed by atoms with E-state index < -0.39 is 0 Å². The molecule has 2 aromatic carbocycles. The van der Waals surface area contributed by atoms with E-state index in [-0.39, 0.29) is 5.91 Å². The second kappa shape index (κ2) is 9.32. The first-order valence-electron chi connectivity index (χ1n) is 8.29. The Morgan fingerprint density at radius 3 is 2.59 bits per heavy atom. The summed E-state index contributed by atoms with van der Waals surface area (Å²) in [7, 11) is 0. The summed E-state index contributed by atoms with van der Waals surface area (Å²) in [5.41, 5.74) is 5.00. The lowest BCUT2D eigenvalue weighted by atomic mass is 10.1. The fraction of sp³-hybridized carbons (Fsp3) is 0.0952. The summed E-state index contributed by atoms with van der Waals surface area (Å²) in [6.45, 7) is 0.428. The molecule has 0 fully saturated rings. The highest BCUT2D eigenvalue weighted by Gasteiger charge is 2.02. The Kier molecular flexibility index (Phi) is 6.34. The number of ether oxygens (including phenoxy) is 1. The maximum Gasteiger partial charge on any atom is 0.245 e. The predicted molar refractivity (Wildman–Crippen MR) is 106 cm³/mol. The van der Waals surface area contributed by atoms with Gasteiger partial charge in [0.15, 0.2) is 0 Å². The second-order valence-electron chi connectivity index (χ2n) is 5.72. The van der Waals surface area contributed by atoms with Crippen molar-refractivity contribution >= 4 is 23.5 Å². The van der Waals surface area contributed by atoms with Gasteiger partial charge in [-0.3, -0.25) is 4.79 Å². The third-order valence-electron chi connectivity index (χ3n) is 3.69. The zero-order chi connectivity index (χ0) is 18.9. The largest absolute Gasteiger partial charge is 0.489 e. The van der Waals surface area contributed by atoms with E-state index in [1.807, 2.05) is 53.9 Å². The van der Waals surface area contributed by atoms with Crippen LogP contribution in [0, 0.1) is 11.3 Å². The SMILES string of the molecule is N#Cc1ccc(COc2ccc(/C=N\NC(=O)Cc3cccs3)cc2)cc1. The van der Waals surface area contributed by atoms with Gasteiger partial charge in [0.05, 0.1) is 24.3 Å². The van der Waals surface area contributed by atoms with E-state index in [9.17, 15) is 4.79 Å². The first-order valence-corrected chi connectivity index (χ1v) is 9.17. The van der Waals surface area contributed by atoms with Crippen molar-refractivity contribution in [3.8, 4) is 11.8 Å². The lowest BCUT2D eigenvalue weighted by Crippen LogP contribution is -2.19. The molecule has 6 heteroatoms. The molecule has 1 N–H and O–H groups in total. The van der Waals surface area contributed by atoms with Crippen molar-refractivity contribution in [3.05, 3.63) is 87.6 Å². The van der Waals surface area contributed by atoms with Gasteiger partial charge >= 0.3 is 0 Å². The Balaban J connectivity index is 1.46. The number of nitriles is 1. The molecule has 0 saturated heterocycles. The van der Waals surface area contributed by atoms with Crippen molar-refractivity contribution in [2.75, 3.05) is 0 Å². The number of nitrogens with one attached hydrogen (secondary N) is 1. The molecule has 5 nitrogen and oxygen atoms in total. The number of rotatable bonds is 7. The van der Waals surface area contributed by atoms with Crippen LogP contribution < -0.4 is 10.2 Å². The molecule has 1 aromatic heterocycles. The van der Waals surface area contributed by atoms with Gasteiger partial charge in [0, 0.05) is 4.88 Å². The maximum absolute atomic E-state index is 11.8. The normalized spacial score (nSPS) is 10.5. The van der Waals surface area contributed by atoms with Crippen LogP contribution in [0.5, 0.6) is 5.75 Å². The fourth-order valence-corrected chi connectivity index (χ4v) is 2.99. The third kappa shape index (κ3) is 5.80. The molecule has 3 aromatic rings. The highest BCUT2D eigenvalue weighted by molar-refractivity contribution is 7.10. The van der Waals surface area contributed by atoms with Crippen LogP contribution in [0.25, 0.3) is 0 Å². The second-order valence-corrected chi connectivity index (χ2v) is 6.75. The van der Waals surface area contributed by atoms with Gasteiger partial charge in [-0.25, -0.2) is 5.43 Å². The molecular formula is C21H17N3O2S. The van der Waals surface area contributed by atoms with Gasteiger partial charge in [-0.15, -0.1) is 11.3 Å². The molecule has 134 valence electrons. The maximum atomic E-state index is 11.8. The highest BCUT2D eigenvalue weighted by atomic mass is 32.1. The van der Waals surface area contributed by atoms with E-state index >= 15 is 0 Å². The number of carbonyl (C=O) groups excluding carboxylic acids is 1. The summed E-state index contributed by atoms with van der Waals surface area (Å²) in [5, 5.41) is 14.7. The van der Waals surface area contributed by atoms with Gasteiger partial charge in [-0.05, 0) is 59.0 Å². The van der Waals surface area contributed by atoms with E-state index in [2.05, 4.69) is 16.6 Å². The molecule has 0 spiro atoms. The van der Waals surface area contributed by atoms with E-state index in [0.717, 1.165) is 21.8 Å². The number of thiophene rings is 1. The predicted octanol–water partition coefficient (Wildman–Crippen LogP) is 3.89. The summed E-state index contributed by atoms with van der Waals surface area (Å²) in [6.07, 6.45) is 1.92. The monoisotopic (exact) mass is 375 g/mol. The molecule has 0 saturated carbocycles. The Labute approximate surface area is 161 Å². The lowest BCUT2D eigenvalue weighted by molar-refractivity contribution is -0.120. The van der Waals surface area contributed by atoms with Crippen LogP contribution in [-0.4, -0.2) is 12.1 Å². The molecule has 0 atom stereocenters. The van der Waals surface area contributed by atoms with Gasteiger partial charge < -0.3 is 4.74 Å². The molecular weight excluding hydrogens is 358 g/mol. The van der Waals surface area contributed by atoms with Crippen LogP contribution in [0.15, 0.2) is 71.1 Å². The molecule has 0 radical (unpaired) electrons. The Morgan fingerprint density at radius 2 is 1.93 bits per heavy atom. The van der Waals surface area contributed by atoms with Crippen LogP contribution in [0.3, 0.4) is 0 Å². The van der Waals surface area contributed by atoms with Crippen LogP contribution in [0.2, 0.25) is 0 Å². The van der Waals surface area contributed by atoms with E-state index in [1.54, 1.807) is 29.7 Å². The topological polar surface area (TPSA) is 74.5 Å². The number of hydrogen-bond acceptors (Lipinski definition) is 5. The molecule has 0 aliphatic carbocycles. The van der Waals surface area contributed by atoms with Crippen LogP contribution in [0.1, 0.15) is 21.6 Å². The van der Waals surface area contributed by atoms with E-state index in [0.29, 0.717) is 18.6 Å². The van der Waals surface area contributed by atoms with Gasteiger partial charge in [-0.1, -0.05) is 18.2 Å². The average molecular weight is 375 g/mol. The number of carbonyl (C=O) groups is 1. The summed E-state index contributed by atoms with van der Waals surface area (Å²) < 4.78 is 5.73. The van der Waals surface area contributed by atoms with Crippen LogP contribution >= 0.6 is 11.3 Å². The number of hydrazone groups is 1. The quantitative estimate of drug-likeness (QED) is 0.503. The van der Waals surface area contributed by atoms with Gasteiger partial charge in [-0.2, -0.15) is 10.4 Å². The number of benzene rings is 2. The Bertz CT molecular complexity index is 941. The zero-order valence-corrected chi connectivity index (χ0v) is 15.3. The smallest absolute Gasteiger partial charge is 0.245 e. The molecule has 0 bridgehead atoms. The molecule has 27 heavy (non-hydrogen) atoms. The zero-order valence-electron chi connectivity index (χ0n) is 14.5. The van der Waals surface area contributed by atoms with Crippen molar-refractivity contribution in [3.63, 3.8) is 0 Å². The van der Waals surface area contributed by atoms with Crippen LogP contribution in [-0.2, 0) is 17.8 Å². The Morgan fingerprint density at radius 1 is 1.15 bits per heavy atom. The van der Waals surface area contributed by atoms with E-state index in [1.165, 1.54) is 0 Å². The van der Waals surface area contributed by atoms with E-state index in [4.69, 9.17) is 10.00 Å². The minimum atomic E-state index is -0.143. The summed E-state index contributed by atoms with van der Waals surface area (Å²) in [6, 6.07) is 20.6. The molecule has 0 aliphatic rings. The van der Waals surface area contributed by atoms with Crippen molar-refractivity contribution in [1.82, 2.24) is 5.43 Å². The number of nitrogens with zero attached hydrogens (tertiary/aromatic N) is 2. The summed E-state index contributed by atoms with van der Waals surface area (Å²) in [4.78, 5) is 12.8. The first-order chi connectivity index (χ1) is 13.2. The minimum absolute atomic E-state index is 0.143. The molecule has 0 aliphatic heterocycles. The van der Waals surface area contributed by atoms with Gasteiger partial charge in [0.1, 0.15) is 12.4 Å². The third-order valence-corrected chi connectivity index (χ3v) is 4.56. The minimum Gasteiger partial charge on any atom is -0.489 e. The fourth-order valence-electron chi connectivity index (χ4n) is 2.28. The van der Waals surface area contributed by atoms with Crippen molar-refractivity contribution in [2.45, 2.75) is 13.0 Å². The lowest BCUT2D eigenvalue weighted by Gasteiger charge is -2.06. The van der Waals surface area contributed by atoms with Crippen molar-refractivity contribution in [2.24, 2.45) is 5.10 Å². The first kappa shape index (κ1) is 18.4. The average Bonchev–Trinajstić information content (AvgIpc) is 3.20. The van der Waals surface area contributed by atoms with Gasteiger partial charge in [0.25, 0.3) is 0 Å². The molecule has 1 heterocycles. The molecule has 0 unspecified atom stereocenters. The van der Waals surface area contributed by atoms with Crippen molar-refractivity contribution in [1.29, 1.82) is 5.26 Å². The van der Waals surface area contributed by atoms with Crippen molar-refractivity contribution < 1.29 is 9.53 Å². The van der Waals surface area contributed by atoms with Crippen LogP contribution in [0.4, 0.5) is 0 Å². The number of hydrogen-bond donors (Lipinski definition) is 1.